The number of anilines is 1. The molecular weight excluding hydrogens is 468 g/mol. The van der Waals surface area contributed by atoms with E-state index in [0.29, 0.717) is 10.0 Å². The van der Waals surface area contributed by atoms with Gasteiger partial charge in [-0.1, -0.05) is 15.9 Å². The Kier molecular flexibility index (Phi) is 5.25. The molecule has 0 saturated carbocycles. The summed E-state index contributed by atoms with van der Waals surface area (Å²) < 4.78 is 55.8. The predicted octanol–water partition coefficient (Wildman–Crippen LogP) is 5.63. The highest BCUT2D eigenvalue weighted by molar-refractivity contribution is 9.10. The Bertz CT molecular complexity index is 1260. The molecule has 0 saturated heterocycles. The number of carbonyl (C=O) groups is 1. The molecule has 0 aliphatic rings. The molecule has 1 amide bonds. The molecule has 0 spiro atoms. The summed E-state index contributed by atoms with van der Waals surface area (Å²) in [7, 11) is 0. The summed E-state index contributed by atoms with van der Waals surface area (Å²) in [6, 6.07) is 10.3. The lowest BCUT2D eigenvalue weighted by Crippen LogP contribution is -2.13. The maximum absolute atomic E-state index is 14.0. The lowest BCUT2D eigenvalue weighted by atomic mass is 10.1. The summed E-state index contributed by atoms with van der Waals surface area (Å²) in [5.41, 5.74) is -0.348. The first-order valence-corrected chi connectivity index (χ1v) is 9.32. The second-order valence-corrected chi connectivity index (χ2v) is 7.16. The van der Waals surface area contributed by atoms with E-state index < -0.39 is 29.7 Å². The van der Waals surface area contributed by atoms with Crippen molar-refractivity contribution in [2.75, 3.05) is 5.32 Å². The average Bonchev–Trinajstić information content (AvgIpc) is 3.14. The van der Waals surface area contributed by atoms with Crippen LogP contribution in [0.25, 0.3) is 16.9 Å². The van der Waals surface area contributed by atoms with Crippen LogP contribution in [0.1, 0.15) is 22.5 Å². The lowest BCUT2D eigenvalue weighted by molar-refractivity contribution is 0.102. The number of fused-ring (bicyclic) bond motifs is 1. The standard InChI is InChI=1S/C20H11BrF4N4O/c21-11-3-6-15(14(23)7-11)28-20(30)13-9-26-29-17(18(24)25)8-16(27-19(13)29)10-1-4-12(22)5-2-10/h1-9,18H,(H,28,30). The fourth-order valence-electron chi connectivity index (χ4n) is 2.85. The SMILES string of the molecule is O=C(Nc1ccc(Br)cc1F)c1cnn2c(C(F)F)cc(-c3ccc(F)cc3)nc12. The molecular formula is C20H11BrF4N4O. The molecule has 1 N–H and O–H groups in total. The highest BCUT2D eigenvalue weighted by Crippen LogP contribution is 2.27. The third-order valence-electron chi connectivity index (χ3n) is 4.29. The van der Waals surface area contributed by atoms with E-state index in [1.807, 2.05) is 0 Å². The van der Waals surface area contributed by atoms with Gasteiger partial charge in [0.15, 0.2) is 5.65 Å². The molecule has 0 bridgehead atoms. The number of aromatic nitrogens is 3. The van der Waals surface area contributed by atoms with Crippen LogP contribution in [0.15, 0.2) is 59.2 Å². The monoisotopic (exact) mass is 478 g/mol. The first kappa shape index (κ1) is 20.0. The zero-order valence-electron chi connectivity index (χ0n) is 14.9. The summed E-state index contributed by atoms with van der Waals surface area (Å²) in [4.78, 5) is 16.9. The van der Waals surface area contributed by atoms with Gasteiger partial charge in [0.2, 0.25) is 0 Å². The van der Waals surface area contributed by atoms with Crippen molar-refractivity contribution in [3.8, 4) is 11.3 Å². The van der Waals surface area contributed by atoms with Crippen molar-refractivity contribution in [3.05, 3.63) is 82.1 Å². The molecule has 4 aromatic rings. The van der Waals surface area contributed by atoms with Gasteiger partial charge in [0.25, 0.3) is 12.3 Å². The topological polar surface area (TPSA) is 59.3 Å². The van der Waals surface area contributed by atoms with E-state index in [1.165, 1.54) is 42.5 Å². The smallest absolute Gasteiger partial charge is 0.280 e. The van der Waals surface area contributed by atoms with E-state index in [2.05, 4.69) is 31.3 Å². The van der Waals surface area contributed by atoms with Crippen molar-refractivity contribution in [1.82, 2.24) is 14.6 Å². The van der Waals surface area contributed by atoms with Crippen molar-refractivity contribution >= 4 is 33.2 Å². The van der Waals surface area contributed by atoms with Crippen LogP contribution < -0.4 is 5.32 Å². The molecule has 0 aliphatic carbocycles. The summed E-state index contributed by atoms with van der Waals surface area (Å²) in [6.07, 6.45) is -1.83. The second-order valence-electron chi connectivity index (χ2n) is 6.25. The molecule has 0 radical (unpaired) electrons. The minimum absolute atomic E-state index is 0.0914. The maximum Gasteiger partial charge on any atom is 0.280 e. The molecule has 4 rings (SSSR count). The number of alkyl halides is 2. The fourth-order valence-corrected chi connectivity index (χ4v) is 3.18. The van der Waals surface area contributed by atoms with Gasteiger partial charge in [-0.15, -0.1) is 0 Å². The van der Waals surface area contributed by atoms with Gasteiger partial charge in [0.05, 0.1) is 17.6 Å². The normalized spacial score (nSPS) is 11.3. The molecule has 0 fully saturated rings. The van der Waals surface area contributed by atoms with Crippen molar-refractivity contribution < 1.29 is 22.4 Å². The van der Waals surface area contributed by atoms with Crippen LogP contribution in [-0.2, 0) is 0 Å². The Morgan fingerprint density at radius 2 is 1.80 bits per heavy atom. The number of carbonyl (C=O) groups excluding carboxylic acids is 1. The molecule has 2 aromatic heterocycles. The van der Waals surface area contributed by atoms with E-state index in [4.69, 9.17) is 0 Å². The highest BCUT2D eigenvalue weighted by Gasteiger charge is 2.22. The molecule has 10 heteroatoms. The molecule has 5 nitrogen and oxygen atoms in total. The van der Waals surface area contributed by atoms with Crippen LogP contribution in [0.5, 0.6) is 0 Å². The molecule has 0 unspecified atom stereocenters. The van der Waals surface area contributed by atoms with Gasteiger partial charge in [-0.2, -0.15) is 5.10 Å². The van der Waals surface area contributed by atoms with Gasteiger partial charge in [-0.25, -0.2) is 27.1 Å². The van der Waals surface area contributed by atoms with Crippen molar-refractivity contribution in [1.29, 1.82) is 0 Å². The van der Waals surface area contributed by atoms with Gasteiger partial charge in [-0.3, -0.25) is 4.79 Å². The van der Waals surface area contributed by atoms with Crippen LogP contribution in [0.3, 0.4) is 0 Å². The molecule has 2 aromatic carbocycles. The lowest BCUT2D eigenvalue weighted by Gasteiger charge is -2.09. The van der Waals surface area contributed by atoms with Crippen LogP contribution in [0.4, 0.5) is 23.2 Å². The van der Waals surface area contributed by atoms with Crippen LogP contribution in [0.2, 0.25) is 0 Å². The largest absolute Gasteiger partial charge is 0.319 e. The number of nitrogens with one attached hydrogen (secondary N) is 1. The maximum atomic E-state index is 14.0. The van der Waals surface area contributed by atoms with Crippen LogP contribution in [0, 0.1) is 11.6 Å². The molecule has 2 heterocycles. The Morgan fingerprint density at radius 1 is 1.07 bits per heavy atom. The first-order valence-electron chi connectivity index (χ1n) is 8.52. The Morgan fingerprint density at radius 3 is 2.47 bits per heavy atom. The van der Waals surface area contributed by atoms with E-state index in [-0.39, 0.29) is 22.6 Å². The zero-order valence-corrected chi connectivity index (χ0v) is 16.5. The number of nitrogens with zero attached hydrogens (tertiary/aromatic N) is 3. The van der Waals surface area contributed by atoms with Crippen LogP contribution in [-0.4, -0.2) is 20.5 Å². The van der Waals surface area contributed by atoms with E-state index in [1.54, 1.807) is 0 Å². The van der Waals surface area contributed by atoms with E-state index in [9.17, 15) is 22.4 Å². The average molecular weight is 479 g/mol. The van der Waals surface area contributed by atoms with Crippen molar-refractivity contribution in [2.45, 2.75) is 6.43 Å². The summed E-state index contributed by atoms with van der Waals surface area (Å²) in [5.74, 6) is -1.94. The zero-order chi connectivity index (χ0) is 21.4. The van der Waals surface area contributed by atoms with Gasteiger partial charge >= 0.3 is 0 Å². The first-order chi connectivity index (χ1) is 14.3. The fraction of sp³-hybridized carbons (Fsp3) is 0.0500. The van der Waals surface area contributed by atoms with Gasteiger partial charge in [0.1, 0.15) is 22.9 Å². The predicted molar refractivity (Wildman–Crippen MR) is 105 cm³/mol. The van der Waals surface area contributed by atoms with E-state index >= 15 is 0 Å². The number of hydrogen-bond donors (Lipinski definition) is 1. The minimum Gasteiger partial charge on any atom is -0.319 e. The molecule has 152 valence electrons. The molecule has 30 heavy (non-hydrogen) atoms. The Hall–Kier alpha value is -3.27. The molecule has 0 atom stereocenters. The van der Waals surface area contributed by atoms with Crippen molar-refractivity contribution in [3.63, 3.8) is 0 Å². The second kappa shape index (κ2) is 7.86. The van der Waals surface area contributed by atoms with Gasteiger partial charge in [0, 0.05) is 10.0 Å². The van der Waals surface area contributed by atoms with E-state index in [0.717, 1.165) is 16.8 Å². The quantitative estimate of drug-likeness (QED) is 0.387. The number of benzene rings is 2. The number of amides is 1. The van der Waals surface area contributed by atoms with Crippen molar-refractivity contribution in [2.24, 2.45) is 0 Å². The third kappa shape index (κ3) is 3.78. The van der Waals surface area contributed by atoms with Gasteiger partial charge < -0.3 is 5.32 Å². The molecule has 0 aliphatic heterocycles. The Labute approximate surface area is 175 Å². The van der Waals surface area contributed by atoms with Gasteiger partial charge in [-0.05, 0) is 48.5 Å². The number of hydrogen-bond acceptors (Lipinski definition) is 3. The summed E-state index contributed by atoms with van der Waals surface area (Å²) >= 11 is 3.12. The third-order valence-corrected chi connectivity index (χ3v) is 4.78. The number of rotatable bonds is 4. The van der Waals surface area contributed by atoms with Crippen LogP contribution >= 0.6 is 15.9 Å². The summed E-state index contributed by atoms with van der Waals surface area (Å²) in [5, 5.41) is 6.22. The minimum atomic E-state index is -2.91. The number of halogens is 5. The Balaban J connectivity index is 1.80. The highest BCUT2D eigenvalue weighted by atomic mass is 79.9. The summed E-state index contributed by atoms with van der Waals surface area (Å²) in [6.45, 7) is 0.